The van der Waals surface area contributed by atoms with Gasteiger partial charge in [0.1, 0.15) is 12.1 Å². The molecule has 9 heteroatoms. The van der Waals surface area contributed by atoms with E-state index in [9.17, 15) is 4.79 Å². The molecule has 0 fully saturated rings. The quantitative estimate of drug-likeness (QED) is 0.539. The lowest BCUT2D eigenvalue weighted by Crippen LogP contribution is -2.24. The van der Waals surface area contributed by atoms with Gasteiger partial charge in [0.2, 0.25) is 5.91 Å². The molecule has 1 N–H and O–H groups in total. The van der Waals surface area contributed by atoms with Gasteiger partial charge < -0.3 is 19.5 Å². The topological polar surface area (TPSA) is 87.5 Å². The molecule has 1 aromatic heterocycles. The summed E-state index contributed by atoms with van der Waals surface area (Å²) in [4.78, 5) is 12.3. The van der Waals surface area contributed by atoms with E-state index in [1.54, 1.807) is 27.7 Å². The molecule has 0 radical (unpaired) electrons. The Morgan fingerprint density at radius 2 is 1.79 bits per heavy atom. The highest BCUT2D eigenvalue weighted by molar-refractivity contribution is 7.99. The molecule has 0 atom stereocenters. The van der Waals surface area contributed by atoms with Gasteiger partial charge in [-0.2, -0.15) is 0 Å². The maximum Gasteiger partial charge on any atom is 0.230 e. The summed E-state index contributed by atoms with van der Waals surface area (Å²) in [6.07, 6.45) is 1.62. The summed E-state index contributed by atoms with van der Waals surface area (Å²) in [5.74, 6) is 2.17. The fourth-order valence-electron chi connectivity index (χ4n) is 2.62. The first kappa shape index (κ1) is 20.5. The molecule has 0 aliphatic carbocycles. The molecule has 0 unspecified atom stereocenters. The van der Waals surface area contributed by atoms with E-state index >= 15 is 0 Å². The fourth-order valence-corrected chi connectivity index (χ4v) is 3.37. The number of rotatable bonds is 9. The fraction of sp³-hybridized carbons (Fsp3) is 0.250. The number of benzene rings is 2. The molecule has 0 saturated heterocycles. The summed E-state index contributed by atoms with van der Waals surface area (Å²) < 4.78 is 17.5. The predicted molar refractivity (Wildman–Crippen MR) is 110 cm³/mol. The van der Waals surface area contributed by atoms with Crippen LogP contribution in [0.25, 0.3) is 5.69 Å². The molecule has 2 aromatic carbocycles. The minimum Gasteiger partial charge on any atom is -0.497 e. The van der Waals surface area contributed by atoms with Gasteiger partial charge in [-0.15, -0.1) is 10.2 Å². The smallest absolute Gasteiger partial charge is 0.230 e. The lowest BCUT2D eigenvalue weighted by Gasteiger charge is -2.10. The first-order valence-corrected chi connectivity index (χ1v) is 9.78. The zero-order valence-electron chi connectivity index (χ0n) is 16.4. The monoisotopic (exact) mass is 414 g/mol. The highest BCUT2D eigenvalue weighted by Crippen LogP contribution is 2.27. The highest BCUT2D eigenvalue weighted by Gasteiger charge is 2.11. The average Bonchev–Trinajstić information content (AvgIpc) is 3.24. The third kappa shape index (κ3) is 5.20. The average molecular weight is 414 g/mol. The number of ether oxygens (including phenoxy) is 3. The molecular weight excluding hydrogens is 392 g/mol. The van der Waals surface area contributed by atoms with E-state index in [4.69, 9.17) is 14.2 Å². The van der Waals surface area contributed by atoms with Crippen LogP contribution in [0.5, 0.6) is 17.2 Å². The maximum atomic E-state index is 12.3. The van der Waals surface area contributed by atoms with Crippen LogP contribution in [0.15, 0.2) is 53.9 Å². The molecule has 29 heavy (non-hydrogen) atoms. The van der Waals surface area contributed by atoms with Gasteiger partial charge in [-0.05, 0) is 42.0 Å². The van der Waals surface area contributed by atoms with Crippen LogP contribution in [-0.2, 0) is 11.3 Å². The largest absolute Gasteiger partial charge is 0.497 e. The molecule has 0 aliphatic rings. The van der Waals surface area contributed by atoms with E-state index in [-0.39, 0.29) is 11.7 Å². The van der Waals surface area contributed by atoms with Crippen molar-refractivity contribution in [3.8, 4) is 22.9 Å². The van der Waals surface area contributed by atoms with Gasteiger partial charge in [0.15, 0.2) is 16.7 Å². The molecule has 152 valence electrons. The van der Waals surface area contributed by atoms with Crippen molar-refractivity contribution in [1.29, 1.82) is 0 Å². The van der Waals surface area contributed by atoms with Gasteiger partial charge in [-0.25, -0.2) is 0 Å². The number of nitrogens with one attached hydrogen (secondary N) is 1. The van der Waals surface area contributed by atoms with E-state index in [2.05, 4.69) is 15.5 Å². The van der Waals surface area contributed by atoms with Crippen molar-refractivity contribution in [3.05, 3.63) is 54.4 Å². The minimum absolute atomic E-state index is 0.103. The number of carbonyl (C=O) groups is 1. The van der Waals surface area contributed by atoms with Crippen LogP contribution in [0.4, 0.5) is 0 Å². The summed E-state index contributed by atoms with van der Waals surface area (Å²) in [5, 5.41) is 11.6. The number of amides is 1. The SMILES string of the molecule is COc1ccc(-n2cnnc2SCC(=O)NCc2ccc(OC)c(OC)c2)cc1. The minimum atomic E-state index is -0.103. The lowest BCUT2D eigenvalue weighted by molar-refractivity contribution is -0.118. The van der Waals surface area contributed by atoms with Crippen molar-refractivity contribution >= 4 is 17.7 Å². The Balaban J connectivity index is 1.56. The molecule has 3 rings (SSSR count). The zero-order chi connectivity index (χ0) is 20.6. The summed E-state index contributed by atoms with van der Waals surface area (Å²) in [6.45, 7) is 0.394. The van der Waals surface area contributed by atoms with Crippen molar-refractivity contribution in [2.45, 2.75) is 11.7 Å². The Labute approximate surface area is 173 Å². The summed E-state index contributed by atoms with van der Waals surface area (Å²) in [5.41, 5.74) is 1.81. The van der Waals surface area contributed by atoms with Crippen molar-refractivity contribution in [3.63, 3.8) is 0 Å². The first-order chi connectivity index (χ1) is 14.1. The summed E-state index contributed by atoms with van der Waals surface area (Å²) in [7, 11) is 4.78. The molecule has 3 aromatic rings. The second-order valence-corrected chi connectivity index (χ2v) is 6.88. The van der Waals surface area contributed by atoms with Crippen molar-refractivity contribution in [2.24, 2.45) is 0 Å². The molecule has 0 spiro atoms. The van der Waals surface area contributed by atoms with Crippen LogP contribution in [0, 0.1) is 0 Å². The van der Waals surface area contributed by atoms with E-state index in [0.29, 0.717) is 23.2 Å². The Bertz CT molecular complexity index is 959. The molecular formula is C20H22N4O4S. The molecule has 1 amide bonds. The predicted octanol–water partition coefficient (Wildman–Crippen LogP) is 2.70. The van der Waals surface area contributed by atoms with E-state index in [0.717, 1.165) is 17.0 Å². The second-order valence-electron chi connectivity index (χ2n) is 5.94. The van der Waals surface area contributed by atoms with Crippen LogP contribution in [0.2, 0.25) is 0 Å². The van der Waals surface area contributed by atoms with Crippen molar-refractivity contribution < 1.29 is 19.0 Å². The first-order valence-electron chi connectivity index (χ1n) is 8.79. The third-order valence-electron chi connectivity index (χ3n) is 4.14. The van der Waals surface area contributed by atoms with Gasteiger partial charge in [-0.1, -0.05) is 17.8 Å². The third-order valence-corrected chi connectivity index (χ3v) is 5.08. The van der Waals surface area contributed by atoms with Crippen LogP contribution in [-0.4, -0.2) is 47.8 Å². The normalized spacial score (nSPS) is 10.4. The Kier molecular flexibility index (Phi) is 6.96. The molecule has 8 nitrogen and oxygen atoms in total. The lowest BCUT2D eigenvalue weighted by atomic mass is 10.2. The van der Waals surface area contributed by atoms with Gasteiger partial charge in [0.05, 0.1) is 27.1 Å². The van der Waals surface area contributed by atoms with Crippen LogP contribution >= 0.6 is 11.8 Å². The maximum absolute atomic E-state index is 12.3. The number of thioether (sulfide) groups is 1. The van der Waals surface area contributed by atoms with Crippen LogP contribution < -0.4 is 19.5 Å². The van der Waals surface area contributed by atoms with Gasteiger partial charge in [-0.3, -0.25) is 9.36 Å². The number of carbonyl (C=O) groups excluding carboxylic acids is 1. The highest BCUT2D eigenvalue weighted by atomic mass is 32.2. The number of methoxy groups -OCH3 is 3. The summed E-state index contributed by atoms with van der Waals surface area (Å²) in [6, 6.07) is 13.1. The summed E-state index contributed by atoms with van der Waals surface area (Å²) >= 11 is 1.32. The standard InChI is InChI=1S/C20H22N4O4S/c1-26-16-7-5-15(6-8-16)24-13-22-23-20(24)29-12-19(25)21-11-14-4-9-17(27-2)18(10-14)28-3/h4-10,13H,11-12H2,1-3H3,(H,21,25). The van der Waals surface area contributed by atoms with E-state index in [1.807, 2.05) is 47.0 Å². The molecule has 0 bridgehead atoms. The van der Waals surface area contributed by atoms with Crippen LogP contribution in [0.3, 0.4) is 0 Å². The Morgan fingerprint density at radius 1 is 1.03 bits per heavy atom. The van der Waals surface area contributed by atoms with E-state index in [1.165, 1.54) is 11.8 Å². The van der Waals surface area contributed by atoms with Crippen LogP contribution in [0.1, 0.15) is 5.56 Å². The zero-order valence-corrected chi connectivity index (χ0v) is 17.2. The van der Waals surface area contributed by atoms with Crippen molar-refractivity contribution in [2.75, 3.05) is 27.1 Å². The number of hydrogen-bond acceptors (Lipinski definition) is 7. The van der Waals surface area contributed by atoms with Gasteiger partial charge in [0.25, 0.3) is 0 Å². The van der Waals surface area contributed by atoms with Crippen molar-refractivity contribution in [1.82, 2.24) is 20.1 Å². The molecule has 1 heterocycles. The van der Waals surface area contributed by atoms with Gasteiger partial charge in [0, 0.05) is 12.2 Å². The van der Waals surface area contributed by atoms with E-state index < -0.39 is 0 Å². The molecule has 0 aliphatic heterocycles. The molecule has 0 saturated carbocycles. The number of aromatic nitrogens is 3. The Hall–Kier alpha value is -3.20. The number of nitrogens with zero attached hydrogens (tertiary/aromatic N) is 3. The number of hydrogen-bond donors (Lipinski definition) is 1. The Morgan fingerprint density at radius 3 is 2.48 bits per heavy atom. The van der Waals surface area contributed by atoms with Gasteiger partial charge >= 0.3 is 0 Å². The second kappa shape index (κ2) is 9.83.